The van der Waals surface area contributed by atoms with Crippen LogP contribution in [0.25, 0.3) is 0 Å². The normalized spacial score (nSPS) is 14.1. The molecule has 6 rings (SSSR count). The molecule has 0 aliphatic carbocycles. The molecule has 9 nitrogen and oxygen atoms in total. The highest BCUT2D eigenvalue weighted by Gasteiger charge is 2.37. The van der Waals surface area contributed by atoms with E-state index < -0.39 is 5.92 Å². The molecule has 0 fully saturated rings. The highest BCUT2D eigenvalue weighted by atomic mass is 16.4. The third-order valence-corrected chi connectivity index (χ3v) is 8.52. The molecular formula is C40H42N6O3. The summed E-state index contributed by atoms with van der Waals surface area (Å²) in [5.74, 6) is -0.789. The summed E-state index contributed by atoms with van der Waals surface area (Å²) < 4.78 is 6.17. The molecule has 9 heteroatoms. The monoisotopic (exact) mass is 654 g/mol. The quantitative estimate of drug-likeness (QED) is 0.125. The number of para-hydroxylation sites is 1. The maximum atomic E-state index is 13.6. The minimum absolute atomic E-state index is 0.0700. The first kappa shape index (κ1) is 33.4. The van der Waals surface area contributed by atoms with Gasteiger partial charge < -0.3 is 24.4 Å². The van der Waals surface area contributed by atoms with Gasteiger partial charge in [0.25, 0.3) is 6.01 Å². The number of amides is 2. The number of aliphatic imine (C=N–C) groups is 1. The van der Waals surface area contributed by atoms with E-state index in [1.165, 1.54) is 0 Å². The zero-order chi connectivity index (χ0) is 34.2. The van der Waals surface area contributed by atoms with E-state index in [2.05, 4.69) is 39.4 Å². The predicted molar refractivity (Wildman–Crippen MR) is 196 cm³/mol. The van der Waals surface area contributed by atoms with Crippen LogP contribution in [-0.4, -0.2) is 54.6 Å². The third kappa shape index (κ3) is 8.13. The lowest BCUT2D eigenvalue weighted by molar-refractivity contribution is -0.118. The summed E-state index contributed by atoms with van der Waals surface area (Å²) in [6, 6.07) is 36.1. The maximum Gasteiger partial charge on any atom is 0.298 e. The zero-order valence-corrected chi connectivity index (χ0v) is 28.3. The van der Waals surface area contributed by atoms with Crippen LogP contribution in [0.2, 0.25) is 0 Å². The fourth-order valence-corrected chi connectivity index (χ4v) is 6.06. The molecule has 5 aromatic rings. The van der Waals surface area contributed by atoms with Crippen LogP contribution in [0.1, 0.15) is 48.1 Å². The van der Waals surface area contributed by atoms with Gasteiger partial charge in [0.2, 0.25) is 11.8 Å². The molecule has 1 N–H and O–H groups in total. The number of benzene rings is 4. The van der Waals surface area contributed by atoms with Crippen LogP contribution in [0.4, 0.5) is 23.1 Å². The molecule has 250 valence electrons. The van der Waals surface area contributed by atoms with Crippen LogP contribution in [0.15, 0.2) is 125 Å². The summed E-state index contributed by atoms with van der Waals surface area (Å²) in [4.78, 5) is 42.5. The lowest BCUT2D eigenvalue weighted by Crippen LogP contribution is -2.32. The molecule has 1 atom stereocenters. The summed E-state index contributed by atoms with van der Waals surface area (Å²) in [5.41, 5.74) is 6.25. The van der Waals surface area contributed by atoms with Crippen molar-refractivity contribution in [1.29, 1.82) is 0 Å². The Kier molecular flexibility index (Phi) is 10.6. The van der Waals surface area contributed by atoms with E-state index in [-0.39, 0.29) is 11.8 Å². The number of oxazole rings is 1. The third-order valence-electron chi connectivity index (χ3n) is 8.52. The molecule has 1 unspecified atom stereocenters. The highest BCUT2D eigenvalue weighted by molar-refractivity contribution is 6.23. The molecule has 49 heavy (non-hydrogen) atoms. The van der Waals surface area contributed by atoms with E-state index in [9.17, 15) is 9.59 Å². The number of fused-ring (bicyclic) bond motifs is 1. The van der Waals surface area contributed by atoms with Crippen molar-refractivity contribution in [2.24, 2.45) is 4.99 Å². The van der Waals surface area contributed by atoms with E-state index in [0.717, 1.165) is 41.0 Å². The van der Waals surface area contributed by atoms with E-state index in [4.69, 9.17) is 14.4 Å². The standard InChI is InChI=1S/C40H42N6O3/c1-4-36(47)46(25-13-24-44(2)3)32-22-20-31(21-23-32)41-38(37-33-18-11-12-19-34(33)42-39(37)48)35-28-49-40(43-35)45(26-29-14-7-5-8-15-29)27-30-16-9-6-10-17-30/h5-12,14-23,28,37H,4,13,24-27H2,1-3H3,(H,42,48). The van der Waals surface area contributed by atoms with Gasteiger partial charge in [-0.1, -0.05) is 85.8 Å². The summed E-state index contributed by atoms with van der Waals surface area (Å²) in [5, 5.41) is 3.01. The first-order valence-electron chi connectivity index (χ1n) is 16.7. The maximum absolute atomic E-state index is 13.6. The van der Waals surface area contributed by atoms with Crippen LogP contribution < -0.4 is 15.1 Å². The lowest BCUT2D eigenvalue weighted by atomic mass is 9.93. The zero-order valence-electron chi connectivity index (χ0n) is 28.3. The Labute approximate surface area is 287 Å². The van der Waals surface area contributed by atoms with Gasteiger partial charge in [-0.3, -0.25) is 9.59 Å². The Bertz CT molecular complexity index is 1840. The second-order valence-electron chi connectivity index (χ2n) is 12.4. The first-order chi connectivity index (χ1) is 23.9. The van der Waals surface area contributed by atoms with E-state index in [0.29, 0.717) is 49.2 Å². The fraction of sp³-hybridized carbons (Fsp3) is 0.250. The number of hydrogen-bond donors (Lipinski definition) is 1. The molecular weight excluding hydrogens is 612 g/mol. The molecule has 0 saturated heterocycles. The van der Waals surface area contributed by atoms with Gasteiger partial charge in [-0.25, -0.2) is 4.99 Å². The SMILES string of the molecule is CCC(=O)N(CCCN(C)C)c1ccc(N=C(c2coc(N(Cc3ccccc3)Cc3ccccc3)n2)C2C(=O)Nc3ccccc32)cc1. The number of nitrogens with one attached hydrogen (secondary N) is 1. The Hall–Kier alpha value is -5.54. The first-order valence-corrected chi connectivity index (χ1v) is 16.7. The van der Waals surface area contributed by atoms with Crippen LogP contribution >= 0.6 is 0 Å². The molecule has 2 heterocycles. The summed E-state index contributed by atoms with van der Waals surface area (Å²) in [7, 11) is 4.06. The Morgan fingerprint density at radius 2 is 1.47 bits per heavy atom. The molecule has 0 radical (unpaired) electrons. The molecule has 2 amide bonds. The fourth-order valence-electron chi connectivity index (χ4n) is 6.06. The van der Waals surface area contributed by atoms with Crippen LogP contribution in [-0.2, 0) is 22.7 Å². The smallest absolute Gasteiger partial charge is 0.298 e. The molecule has 4 aromatic carbocycles. The number of carbonyl (C=O) groups excluding carboxylic acids is 2. The Morgan fingerprint density at radius 3 is 2.10 bits per heavy atom. The van der Waals surface area contributed by atoms with Gasteiger partial charge in [-0.2, -0.15) is 4.98 Å². The van der Waals surface area contributed by atoms with Gasteiger partial charge in [0.1, 0.15) is 17.9 Å². The van der Waals surface area contributed by atoms with Crippen molar-refractivity contribution in [2.45, 2.75) is 38.8 Å². The van der Waals surface area contributed by atoms with Crippen molar-refractivity contribution in [2.75, 3.05) is 42.3 Å². The van der Waals surface area contributed by atoms with Gasteiger partial charge in [-0.05, 0) is 74.1 Å². The molecule has 1 aliphatic heterocycles. The van der Waals surface area contributed by atoms with Crippen molar-refractivity contribution >= 4 is 40.6 Å². The number of carbonyl (C=O) groups is 2. The van der Waals surface area contributed by atoms with E-state index in [1.807, 2.05) is 111 Å². The summed E-state index contributed by atoms with van der Waals surface area (Å²) in [6.45, 7) is 4.55. The second kappa shape index (κ2) is 15.6. The topological polar surface area (TPSA) is 94.3 Å². The lowest BCUT2D eigenvalue weighted by Gasteiger charge is -2.23. The van der Waals surface area contributed by atoms with E-state index >= 15 is 0 Å². The number of nitrogens with zero attached hydrogens (tertiary/aromatic N) is 5. The van der Waals surface area contributed by atoms with Crippen molar-refractivity contribution in [1.82, 2.24) is 9.88 Å². The summed E-state index contributed by atoms with van der Waals surface area (Å²) in [6.07, 6.45) is 2.87. The molecule has 1 aromatic heterocycles. The number of anilines is 3. The van der Waals surface area contributed by atoms with E-state index in [1.54, 1.807) is 6.26 Å². The number of aromatic nitrogens is 1. The van der Waals surface area contributed by atoms with Crippen LogP contribution in [0, 0.1) is 0 Å². The Morgan fingerprint density at radius 1 is 0.837 bits per heavy atom. The van der Waals surface area contributed by atoms with Crippen molar-refractivity contribution in [3.05, 3.63) is 138 Å². The second-order valence-corrected chi connectivity index (χ2v) is 12.4. The molecule has 1 aliphatic rings. The van der Waals surface area contributed by atoms with Crippen LogP contribution in [0.5, 0.6) is 0 Å². The molecule has 0 saturated carbocycles. The minimum Gasteiger partial charge on any atom is -0.431 e. The van der Waals surface area contributed by atoms with Gasteiger partial charge in [-0.15, -0.1) is 0 Å². The molecule has 0 spiro atoms. The number of rotatable bonds is 14. The Balaban J connectivity index is 1.36. The highest BCUT2D eigenvalue weighted by Crippen LogP contribution is 2.37. The van der Waals surface area contributed by atoms with Gasteiger partial charge in [0.05, 0.1) is 11.4 Å². The summed E-state index contributed by atoms with van der Waals surface area (Å²) >= 11 is 0. The number of hydrogen-bond acceptors (Lipinski definition) is 7. The van der Waals surface area contributed by atoms with Crippen molar-refractivity contribution < 1.29 is 14.0 Å². The van der Waals surface area contributed by atoms with Gasteiger partial charge in [0.15, 0.2) is 0 Å². The van der Waals surface area contributed by atoms with Gasteiger partial charge in [0, 0.05) is 37.4 Å². The van der Waals surface area contributed by atoms with Crippen molar-refractivity contribution in [3.8, 4) is 0 Å². The average molecular weight is 655 g/mol. The van der Waals surface area contributed by atoms with Gasteiger partial charge >= 0.3 is 0 Å². The average Bonchev–Trinajstić information content (AvgIpc) is 3.74. The van der Waals surface area contributed by atoms with Crippen molar-refractivity contribution in [3.63, 3.8) is 0 Å². The minimum atomic E-state index is -0.685. The molecule has 0 bridgehead atoms. The predicted octanol–water partition coefficient (Wildman–Crippen LogP) is 7.43. The van der Waals surface area contributed by atoms with Crippen LogP contribution in [0.3, 0.4) is 0 Å². The largest absolute Gasteiger partial charge is 0.431 e.